The highest BCUT2D eigenvalue weighted by Crippen LogP contribution is 2.27. The summed E-state index contributed by atoms with van der Waals surface area (Å²) in [7, 11) is 0. The number of unbranched alkanes of at least 4 members (excludes halogenated alkanes) is 3. The fraction of sp³-hybridized carbons (Fsp3) is 0.889. The van der Waals surface area contributed by atoms with E-state index in [1.54, 1.807) is 0 Å². The van der Waals surface area contributed by atoms with Crippen molar-refractivity contribution in [3.05, 3.63) is 0 Å². The molecule has 0 aromatic rings. The molecule has 0 amide bonds. The number of halogens is 2. The number of hydrogen-bond acceptors (Lipinski definition) is 1. The molecule has 0 bridgehead atoms. The molecule has 1 nitrogen and oxygen atoms in total. The highest BCUT2D eigenvalue weighted by molar-refractivity contribution is 9.10. The molecule has 0 aliphatic heterocycles. The van der Waals surface area contributed by atoms with Gasteiger partial charge in [-0.05, 0) is 24.9 Å². The van der Waals surface area contributed by atoms with Gasteiger partial charge in [0.2, 0.25) is 5.24 Å². The van der Waals surface area contributed by atoms with Crippen LogP contribution in [0.2, 0.25) is 0 Å². The van der Waals surface area contributed by atoms with Gasteiger partial charge in [-0.3, -0.25) is 4.79 Å². The van der Waals surface area contributed by atoms with Crippen LogP contribution in [0.15, 0.2) is 0 Å². The molecule has 72 valence electrons. The smallest absolute Gasteiger partial charge is 0.238 e. The van der Waals surface area contributed by atoms with Crippen molar-refractivity contribution in [3.63, 3.8) is 0 Å². The molecule has 0 heterocycles. The lowest BCUT2D eigenvalue weighted by Gasteiger charge is -2.16. The van der Waals surface area contributed by atoms with Crippen LogP contribution in [0.5, 0.6) is 0 Å². The Bertz CT molecular complexity index is 145. The molecular formula is C9H16BrClO. The molecule has 0 radical (unpaired) electrons. The summed E-state index contributed by atoms with van der Waals surface area (Å²) < 4.78 is -0.512. The van der Waals surface area contributed by atoms with Crippen LogP contribution < -0.4 is 0 Å². The third kappa shape index (κ3) is 5.15. The summed E-state index contributed by atoms with van der Waals surface area (Å²) in [6.45, 7) is 3.99. The van der Waals surface area contributed by atoms with E-state index in [1.165, 1.54) is 19.3 Å². The van der Waals surface area contributed by atoms with Gasteiger partial charge in [-0.25, -0.2) is 0 Å². The molecule has 0 spiro atoms. The molecule has 0 fully saturated rings. The van der Waals surface area contributed by atoms with E-state index in [1.807, 2.05) is 6.92 Å². The van der Waals surface area contributed by atoms with E-state index < -0.39 is 4.32 Å². The predicted molar refractivity (Wildman–Crippen MR) is 57.0 cm³/mol. The molecule has 0 N–H and O–H groups in total. The Morgan fingerprint density at radius 2 is 2.00 bits per heavy atom. The van der Waals surface area contributed by atoms with Crippen molar-refractivity contribution in [2.45, 2.75) is 50.3 Å². The van der Waals surface area contributed by atoms with Gasteiger partial charge in [-0.1, -0.05) is 48.5 Å². The first-order valence-corrected chi connectivity index (χ1v) is 5.56. The van der Waals surface area contributed by atoms with Crippen LogP contribution in [0.3, 0.4) is 0 Å². The maximum absolute atomic E-state index is 10.8. The van der Waals surface area contributed by atoms with Gasteiger partial charge in [0.25, 0.3) is 0 Å². The molecule has 0 aromatic heterocycles. The van der Waals surface area contributed by atoms with Gasteiger partial charge in [0.05, 0.1) is 4.32 Å². The van der Waals surface area contributed by atoms with Gasteiger partial charge >= 0.3 is 0 Å². The largest absolute Gasteiger partial charge is 0.280 e. The Labute approximate surface area is 88.0 Å². The van der Waals surface area contributed by atoms with E-state index >= 15 is 0 Å². The van der Waals surface area contributed by atoms with Crippen molar-refractivity contribution in [2.75, 3.05) is 0 Å². The fourth-order valence-electron chi connectivity index (χ4n) is 0.982. The zero-order valence-electron chi connectivity index (χ0n) is 7.70. The number of carbonyl (C=O) groups excluding carboxylic acids is 1. The second kappa shape index (κ2) is 5.98. The maximum Gasteiger partial charge on any atom is 0.238 e. The average molecular weight is 256 g/mol. The predicted octanol–water partition coefficient (Wildman–Crippen LogP) is 3.88. The Balaban J connectivity index is 3.54. The lowest BCUT2D eigenvalue weighted by Crippen LogP contribution is -2.23. The quantitative estimate of drug-likeness (QED) is 0.400. The number of hydrogen-bond donors (Lipinski definition) is 0. The summed E-state index contributed by atoms with van der Waals surface area (Å²) in [5, 5.41) is -0.293. The van der Waals surface area contributed by atoms with Crippen molar-refractivity contribution < 1.29 is 4.79 Å². The third-order valence-electron chi connectivity index (χ3n) is 1.91. The summed E-state index contributed by atoms with van der Waals surface area (Å²) in [6.07, 6.45) is 5.53. The van der Waals surface area contributed by atoms with Crippen molar-refractivity contribution in [3.8, 4) is 0 Å². The maximum atomic E-state index is 10.8. The van der Waals surface area contributed by atoms with Gasteiger partial charge in [-0.2, -0.15) is 0 Å². The molecule has 0 saturated heterocycles. The van der Waals surface area contributed by atoms with Crippen LogP contribution in [0.4, 0.5) is 0 Å². The third-order valence-corrected chi connectivity index (χ3v) is 3.31. The Morgan fingerprint density at radius 3 is 2.42 bits per heavy atom. The lowest BCUT2D eigenvalue weighted by atomic mass is 10.0. The van der Waals surface area contributed by atoms with Gasteiger partial charge < -0.3 is 0 Å². The van der Waals surface area contributed by atoms with Crippen molar-refractivity contribution in [1.29, 1.82) is 0 Å². The minimum atomic E-state index is -0.512. The topological polar surface area (TPSA) is 17.1 Å². The zero-order valence-corrected chi connectivity index (χ0v) is 10.0. The first-order valence-electron chi connectivity index (χ1n) is 4.39. The van der Waals surface area contributed by atoms with Gasteiger partial charge in [-0.15, -0.1) is 0 Å². The number of rotatable bonds is 6. The minimum absolute atomic E-state index is 0.293. The van der Waals surface area contributed by atoms with Crippen LogP contribution in [0.25, 0.3) is 0 Å². The van der Waals surface area contributed by atoms with Gasteiger partial charge in [0.15, 0.2) is 0 Å². The second-order valence-corrected chi connectivity index (χ2v) is 5.38. The van der Waals surface area contributed by atoms with E-state index in [-0.39, 0.29) is 5.24 Å². The summed E-state index contributed by atoms with van der Waals surface area (Å²) >= 11 is 8.71. The van der Waals surface area contributed by atoms with Crippen LogP contribution in [-0.2, 0) is 4.79 Å². The Hall–Kier alpha value is 0.440. The molecule has 0 saturated carbocycles. The molecule has 1 atom stereocenters. The lowest BCUT2D eigenvalue weighted by molar-refractivity contribution is -0.113. The van der Waals surface area contributed by atoms with Crippen molar-refractivity contribution >= 4 is 32.8 Å². The second-order valence-electron chi connectivity index (χ2n) is 3.28. The molecule has 0 aliphatic carbocycles. The molecule has 12 heavy (non-hydrogen) atoms. The highest BCUT2D eigenvalue weighted by atomic mass is 79.9. The zero-order chi connectivity index (χ0) is 9.61. The fourth-order valence-corrected chi connectivity index (χ4v) is 1.36. The first-order chi connectivity index (χ1) is 5.50. The molecule has 0 aromatic carbocycles. The summed E-state index contributed by atoms with van der Waals surface area (Å²) in [6, 6.07) is 0. The summed E-state index contributed by atoms with van der Waals surface area (Å²) in [5.41, 5.74) is 0. The summed E-state index contributed by atoms with van der Waals surface area (Å²) in [4.78, 5) is 10.8. The van der Waals surface area contributed by atoms with Crippen molar-refractivity contribution in [2.24, 2.45) is 0 Å². The number of carbonyl (C=O) groups is 1. The normalized spacial score (nSPS) is 15.7. The van der Waals surface area contributed by atoms with E-state index in [0.717, 1.165) is 12.8 Å². The molecule has 0 rings (SSSR count). The Morgan fingerprint density at radius 1 is 1.42 bits per heavy atom. The summed E-state index contributed by atoms with van der Waals surface area (Å²) in [5.74, 6) is 0. The van der Waals surface area contributed by atoms with E-state index in [4.69, 9.17) is 11.6 Å². The van der Waals surface area contributed by atoms with Crippen LogP contribution in [-0.4, -0.2) is 9.57 Å². The highest BCUT2D eigenvalue weighted by Gasteiger charge is 2.26. The SMILES string of the molecule is CCCCCCC(C)(Br)C(=O)Cl. The standard InChI is InChI=1S/C9H16BrClO/c1-3-4-5-6-7-9(2,10)8(11)12/h3-7H2,1-2H3. The van der Waals surface area contributed by atoms with Crippen molar-refractivity contribution in [1.82, 2.24) is 0 Å². The van der Waals surface area contributed by atoms with Gasteiger partial charge in [0.1, 0.15) is 0 Å². The monoisotopic (exact) mass is 254 g/mol. The Kier molecular flexibility index (Phi) is 6.20. The molecule has 0 aliphatic rings. The molecular weight excluding hydrogens is 239 g/mol. The van der Waals surface area contributed by atoms with E-state index in [0.29, 0.717) is 0 Å². The van der Waals surface area contributed by atoms with Crippen LogP contribution in [0, 0.1) is 0 Å². The van der Waals surface area contributed by atoms with Crippen LogP contribution >= 0.6 is 27.5 Å². The number of alkyl halides is 1. The first kappa shape index (κ1) is 12.4. The van der Waals surface area contributed by atoms with Gasteiger partial charge in [0, 0.05) is 0 Å². The van der Waals surface area contributed by atoms with E-state index in [9.17, 15) is 4.79 Å². The van der Waals surface area contributed by atoms with Crippen LogP contribution in [0.1, 0.15) is 46.0 Å². The minimum Gasteiger partial charge on any atom is -0.280 e. The molecule has 3 heteroatoms. The average Bonchev–Trinajstić information content (AvgIpc) is 1.98. The van der Waals surface area contributed by atoms with E-state index in [2.05, 4.69) is 22.9 Å². The molecule has 1 unspecified atom stereocenters.